The number of fused-ring (bicyclic) bond motifs is 1. The zero-order chi connectivity index (χ0) is 21.8. The number of nitrogens with zero attached hydrogens (tertiary/aromatic N) is 4. The van der Waals surface area contributed by atoms with Gasteiger partial charge < -0.3 is 10.6 Å². The lowest BCUT2D eigenvalue weighted by atomic mass is 10.1. The number of thioether (sulfide) groups is 1. The molecule has 0 spiro atoms. The molecule has 0 radical (unpaired) electrons. The standard InChI is InChI=1S/C22H30N6OS/c1-13(2)25-19-18-12-24-28(20(18)27-22(26-19)30-14(3)4)8-7-23-21(29)17-10-15(5)9-16(6)11-17/h9-14H,7-8H2,1-6H3,(H,23,29)(H,25,26,27). The molecule has 0 atom stereocenters. The van der Waals surface area contributed by atoms with Gasteiger partial charge in [0.2, 0.25) is 0 Å². The van der Waals surface area contributed by atoms with Gasteiger partial charge in [-0.15, -0.1) is 0 Å². The largest absolute Gasteiger partial charge is 0.367 e. The number of carbonyl (C=O) groups is 1. The summed E-state index contributed by atoms with van der Waals surface area (Å²) in [5.74, 6) is 0.717. The van der Waals surface area contributed by atoms with Crippen molar-refractivity contribution in [1.29, 1.82) is 0 Å². The summed E-state index contributed by atoms with van der Waals surface area (Å²) in [5.41, 5.74) is 3.61. The minimum atomic E-state index is -0.0777. The van der Waals surface area contributed by atoms with Crippen LogP contribution < -0.4 is 10.6 Å². The highest BCUT2D eigenvalue weighted by Crippen LogP contribution is 2.26. The molecule has 3 aromatic rings. The third kappa shape index (κ3) is 5.50. The number of anilines is 1. The van der Waals surface area contributed by atoms with Crippen LogP contribution in [0.15, 0.2) is 29.6 Å². The quantitative estimate of drug-likeness (QED) is 0.415. The van der Waals surface area contributed by atoms with Crippen molar-refractivity contribution in [2.24, 2.45) is 0 Å². The number of rotatable bonds is 8. The number of nitrogens with one attached hydrogen (secondary N) is 2. The van der Waals surface area contributed by atoms with E-state index in [0.29, 0.717) is 23.9 Å². The van der Waals surface area contributed by atoms with Crippen LogP contribution in [-0.2, 0) is 6.54 Å². The lowest BCUT2D eigenvalue weighted by Gasteiger charge is -2.13. The Hall–Kier alpha value is -2.61. The Bertz CT molecular complexity index is 1020. The molecule has 2 heterocycles. The second-order valence-electron chi connectivity index (χ2n) is 8.06. The summed E-state index contributed by atoms with van der Waals surface area (Å²) in [5, 5.41) is 12.9. The highest BCUT2D eigenvalue weighted by molar-refractivity contribution is 7.99. The summed E-state index contributed by atoms with van der Waals surface area (Å²) < 4.78 is 1.83. The van der Waals surface area contributed by atoms with Crippen molar-refractivity contribution < 1.29 is 4.79 Å². The Balaban J connectivity index is 1.77. The molecule has 1 aromatic carbocycles. The minimum Gasteiger partial charge on any atom is -0.367 e. The van der Waals surface area contributed by atoms with Crippen LogP contribution in [0.1, 0.15) is 49.2 Å². The van der Waals surface area contributed by atoms with E-state index in [4.69, 9.17) is 4.98 Å². The predicted molar refractivity (Wildman–Crippen MR) is 123 cm³/mol. The van der Waals surface area contributed by atoms with Crippen molar-refractivity contribution in [2.45, 2.75) is 64.5 Å². The molecule has 0 aliphatic heterocycles. The van der Waals surface area contributed by atoms with Crippen molar-refractivity contribution in [3.8, 4) is 0 Å². The monoisotopic (exact) mass is 426 g/mol. The van der Waals surface area contributed by atoms with Crippen LogP contribution in [0.2, 0.25) is 0 Å². The van der Waals surface area contributed by atoms with Gasteiger partial charge in [-0.05, 0) is 39.8 Å². The molecular formula is C22H30N6OS. The number of carbonyl (C=O) groups excluding carboxylic acids is 1. The highest BCUT2D eigenvalue weighted by Gasteiger charge is 2.15. The van der Waals surface area contributed by atoms with E-state index in [1.807, 2.05) is 30.7 Å². The lowest BCUT2D eigenvalue weighted by molar-refractivity contribution is 0.0952. The van der Waals surface area contributed by atoms with Crippen LogP contribution in [-0.4, -0.2) is 43.5 Å². The Morgan fingerprint density at radius 3 is 2.43 bits per heavy atom. The normalized spacial score (nSPS) is 11.5. The number of aryl methyl sites for hydroxylation is 2. The SMILES string of the molecule is Cc1cc(C)cc(C(=O)NCCn2ncc3c(NC(C)C)nc(SC(C)C)nc32)c1. The summed E-state index contributed by atoms with van der Waals surface area (Å²) >= 11 is 1.62. The molecule has 30 heavy (non-hydrogen) atoms. The van der Waals surface area contributed by atoms with Gasteiger partial charge in [-0.2, -0.15) is 5.10 Å². The van der Waals surface area contributed by atoms with Crippen LogP contribution in [0.25, 0.3) is 11.0 Å². The number of hydrogen-bond donors (Lipinski definition) is 2. The van der Waals surface area contributed by atoms with Crippen molar-refractivity contribution >= 4 is 34.5 Å². The Morgan fingerprint density at radius 2 is 1.80 bits per heavy atom. The maximum Gasteiger partial charge on any atom is 0.251 e. The zero-order valence-electron chi connectivity index (χ0n) is 18.5. The van der Waals surface area contributed by atoms with Crippen LogP contribution in [0.4, 0.5) is 5.82 Å². The molecule has 0 unspecified atom stereocenters. The Morgan fingerprint density at radius 1 is 1.10 bits per heavy atom. The van der Waals surface area contributed by atoms with E-state index in [1.54, 1.807) is 18.0 Å². The van der Waals surface area contributed by atoms with Gasteiger partial charge in [0, 0.05) is 23.4 Å². The van der Waals surface area contributed by atoms with Crippen LogP contribution in [0, 0.1) is 13.8 Å². The van der Waals surface area contributed by atoms with E-state index < -0.39 is 0 Å². The summed E-state index contributed by atoms with van der Waals surface area (Å²) in [6.45, 7) is 13.4. The average molecular weight is 427 g/mol. The van der Waals surface area contributed by atoms with Gasteiger partial charge in [0.25, 0.3) is 5.91 Å². The molecule has 2 aromatic heterocycles. The molecule has 2 N–H and O–H groups in total. The van der Waals surface area contributed by atoms with E-state index in [9.17, 15) is 4.79 Å². The summed E-state index contributed by atoms with van der Waals surface area (Å²) in [7, 11) is 0. The smallest absolute Gasteiger partial charge is 0.251 e. The number of amides is 1. The molecule has 160 valence electrons. The molecule has 8 heteroatoms. The van der Waals surface area contributed by atoms with Crippen molar-refractivity contribution in [2.75, 3.05) is 11.9 Å². The van der Waals surface area contributed by atoms with E-state index in [0.717, 1.165) is 33.1 Å². The highest BCUT2D eigenvalue weighted by atomic mass is 32.2. The first-order valence-electron chi connectivity index (χ1n) is 10.3. The van der Waals surface area contributed by atoms with Gasteiger partial charge in [-0.3, -0.25) is 4.79 Å². The summed E-state index contributed by atoms with van der Waals surface area (Å²) in [4.78, 5) is 21.9. The third-order valence-corrected chi connectivity index (χ3v) is 5.20. The van der Waals surface area contributed by atoms with Gasteiger partial charge in [-0.25, -0.2) is 14.6 Å². The summed E-state index contributed by atoms with van der Waals surface area (Å²) in [6, 6.07) is 6.11. The molecule has 0 aliphatic rings. The molecule has 0 saturated carbocycles. The van der Waals surface area contributed by atoms with Crippen molar-refractivity contribution in [1.82, 2.24) is 25.1 Å². The number of benzene rings is 1. The molecule has 7 nitrogen and oxygen atoms in total. The predicted octanol–water partition coefficient (Wildman–Crippen LogP) is 4.19. The lowest BCUT2D eigenvalue weighted by Crippen LogP contribution is -2.27. The molecule has 0 saturated heterocycles. The van der Waals surface area contributed by atoms with Gasteiger partial charge in [0.1, 0.15) is 5.82 Å². The fourth-order valence-electron chi connectivity index (χ4n) is 3.23. The first-order chi connectivity index (χ1) is 14.2. The first kappa shape index (κ1) is 22.1. The molecule has 0 bridgehead atoms. The molecular weight excluding hydrogens is 396 g/mol. The molecule has 0 aliphatic carbocycles. The Kier molecular flexibility index (Phi) is 6.97. The molecule has 3 rings (SSSR count). The minimum absolute atomic E-state index is 0.0777. The van der Waals surface area contributed by atoms with Gasteiger partial charge in [0.15, 0.2) is 10.8 Å². The third-order valence-electron chi connectivity index (χ3n) is 4.34. The second-order valence-corrected chi connectivity index (χ2v) is 9.60. The van der Waals surface area contributed by atoms with E-state index in [-0.39, 0.29) is 11.9 Å². The van der Waals surface area contributed by atoms with Crippen LogP contribution in [0.3, 0.4) is 0 Å². The van der Waals surface area contributed by atoms with Gasteiger partial charge in [0.05, 0.1) is 18.1 Å². The van der Waals surface area contributed by atoms with Crippen molar-refractivity contribution in [3.63, 3.8) is 0 Å². The van der Waals surface area contributed by atoms with E-state index in [1.165, 1.54) is 0 Å². The zero-order valence-corrected chi connectivity index (χ0v) is 19.3. The molecule has 1 amide bonds. The molecule has 0 fully saturated rings. The fraction of sp³-hybridized carbons (Fsp3) is 0.455. The number of hydrogen-bond acceptors (Lipinski definition) is 6. The van der Waals surface area contributed by atoms with Gasteiger partial charge in [-0.1, -0.05) is 42.8 Å². The fourth-order valence-corrected chi connectivity index (χ4v) is 3.93. The first-order valence-corrected chi connectivity index (χ1v) is 11.1. The Labute approximate surface area is 182 Å². The average Bonchev–Trinajstić information content (AvgIpc) is 3.03. The topological polar surface area (TPSA) is 84.7 Å². The van der Waals surface area contributed by atoms with E-state index >= 15 is 0 Å². The maximum atomic E-state index is 12.5. The second kappa shape index (κ2) is 9.47. The van der Waals surface area contributed by atoms with Crippen LogP contribution in [0.5, 0.6) is 0 Å². The number of aromatic nitrogens is 4. The van der Waals surface area contributed by atoms with Crippen LogP contribution >= 0.6 is 11.8 Å². The maximum absolute atomic E-state index is 12.5. The van der Waals surface area contributed by atoms with Gasteiger partial charge >= 0.3 is 0 Å². The van der Waals surface area contributed by atoms with Crippen molar-refractivity contribution in [3.05, 3.63) is 41.1 Å². The summed E-state index contributed by atoms with van der Waals surface area (Å²) in [6.07, 6.45) is 1.79. The van der Waals surface area contributed by atoms with E-state index in [2.05, 4.69) is 54.5 Å².